The van der Waals surface area contributed by atoms with Crippen LogP contribution in [-0.4, -0.2) is 281 Å². The normalized spacial score (nSPS) is 22.9. The Morgan fingerprint density at radius 1 is 0.664 bits per heavy atom. The Bertz CT molecular complexity index is 4020. The van der Waals surface area contributed by atoms with E-state index >= 15 is 14.4 Å². The van der Waals surface area contributed by atoms with Crippen molar-refractivity contribution in [3.8, 4) is 11.5 Å². The molecule has 11 amide bonds. The molecule has 7 rings (SSSR count). The zero-order valence-corrected chi connectivity index (χ0v) is 64.2. The average Bonchev–Trinajstić information content (AvgIpc) is 1.24. The molecule has 4 fully saturated rings. The molecule has 5 aliphatic heterocycles. The monoisotopic (exact) mass is 1500 g/mol. The van der Waals surface area contributed by atoms with Gasteiger partial charge in [0.1, 0.15) is 65.2 Å². The second-order valence-corrected chi connectivity index (χ2v) is 29.6. The highest BCUT2D eigenvalue weighted by atomic mass is 16.5. The van der Waals surface area contributed by atoms with Gasteiger partial charge in [0, 0.05) is 97.0 Å². The number of carbonyl (C=O) groups excluding carboxylic acids is 14. The molecule has 4 unspecified atom stereocenters. The fraction of sp³-hybridized carbons (Fsp3) is 0.630. The van der Waals surface area contributed by atoms with Gasteiger partial charge in [-0.05, 0) is 97.7 Å². The fourth-order valence-electron chi connectivity index (χ4n) is 14.1. The number of likely N-dealkylation sites (N-methyl/N-ethyl adjacent to an activating group) is 5. The number of nitrogens with two attached hydrogens (primary N) is 1. The number of aliphatic carboxylic acids is 1. The summed E-state index contributed by atoms with van der Waals surface area (Å²) in [5, 5.41) is 20.3. The molecule has 34 nitrogen and oxygen atoms in total. The molecular weight excluding hydrogens is 1390 g/mol. The molecule has 7 N–H and O–H groups in total. The van der Waals surface area contributed by atoms with Crippen LogP contribution in [0.15, 0.2) is 15.3 Å². The van der Waals surface area contributed by atoms with Gasteiger partial charge in [0.25, 0.3) is 0 Å². The molecule has 1 aromatic rings. The highest BCUT2D eigenvalue weighted by Gasteiger charge is 2.47. The number of benzene rings is 2. The van der Waals surface area contributed by atoms with Crippen molar-refractivity contribution in [1.82, 2.24) is 60.1 Å². The lowest BCUT2D eigenvalue weighted by molar-refractivity contribution is -0.148. The summed E-state index contributed by atoms with van der Waals surface area (Å²) < 4.78 is 18.8. The number of aromatic nitrogens is 1. The molecule has 586 valence electrons. The quantitative estimate of drug-likeness (QED) is 0.0525. The molecule has 0 radical (unpaired) electrons. The summed E-state index contributed by atoms with van der Waals surface area (Å²) in [6.45, 7) is 16.4. The van der Waals surface area contributed by atoms with Crippen molar-refractivity contribution in [3.63, 3.8) is 0 Å². The summed E-state index contributed by atoms with van der Waals surface area (Å²) in [5.74, 6) is -16.4. The number of carbonyl (C=O) groups is 15. The van der Waals surface area contributed by atoms with Gasteiger partial charge in [0.2, 0.25) is 70.4 Å². The molecule has 0 spiro atoms. The van der Waals surface area contributed by atoms with Crippen molar-refractivity contribution in [3.05, 3.63) is 38.5 Å². The van der Waals surface area contributed by atoms with Crippen LogP contribution >= 0.6 is 0 Å². The maximum Gasteiger partial charge on any atom is 0.343 e. The van der Waals surface area contributed by atoms with Gasteiger partial charge in [-0.25, -0.2) is 14.6 Å². The first-order valence-corrected chi connectivity index (χ1v) is 36.3. The SMILES string of the molecule is CC[C@H]1C(=O)CC(C(C)OC(=O)c2cc(NC(=O)CCC(=O)N(CCC(=O)O)CCN(C)C)c(C)c3oc4c(C)c(=O)c(N)c(C(=O)OC(C)C5NC(=O)[C@H](C(C)C)N(C)C(=O)CN(C)C(=O)[C@@H]6CCCN6C(=O)[C@@H](C(C)C)NC5=O)c-4nc23)C(=O)N[C@H](C(C)C)C(=O)N2CCC[C@H]2C(=O)N(C)CC(=O)N1C. The number of nitrogens with zero attached hydrogens (tertiary/aromatic N) is 9. The van der Waals surface area contributed by atoms with Gasteiger partial charge in [-0.15, -0.1) is 0 Å². The van der Waals surface area contributed by atoms with Gasteiger partial charge in [0.15, 0.2) is 17.1 Å². The molecule has 34 heteroatoms. The lowest BCUT2D eigenvalue weighted by atomic mass is 9.90. The van der Waals surface area contributed by atoms with E-state index in [2.05, 4.69) is 21.3 Å². The zero-order chi connectivity index (χ0) is 79.8. The smallest absolute Gasteiger partial charge is 0.343 e. The molecule has 5 heterocycles. The second-order valence-electron chi connectivity index (χ2n) is 29.6. The lowest BCUT2D eigenvalue weighted by Crippen LogP contribution is -2.62. The van der Waals surface area contributed by atoms with Gasteiger partial charge in [-0.2, -0.15) is 0 Å². The number of esters is 2. The van der Waals surface area contributed by atoms with Crippen LogP contribution in [0.3, 0.4) is 0 Å². The number of ketones is 1. The first-order chi connectivity index (χ1) is 50.1. The minimum atomic E-state index is -1.89. The summed E-state index contributed by atoms with van der Waals surface area (Å²) in [5.41, 5.74) is 1.78. The first-order valence-electron chi connectivity index (χ1n) is 36.3. The van der Waals surface area contributed by atoms with E-state index in [0.29, 0.717) is 19.4 Å². The Labute approximate surface area is 621 Å². The minimum absolute atomic E-state index is 0.0260. The number of amides is 11. The number of ether oxygens (including phenoxy) is 2. The Kier molecular flexibility index (Phi) is 27.9. The summed E-state index contributed by atoms with van der Waals surface area (Å²) in [7, 11) is 9.06. The molecule has 10 atom stereocenters. The van der Waals surface area contributed by atoms with Crippen LogP contribution in [0, 0.1) is 37.5 Å². The molecule has 107 heavy (non-hydrogen) atoms. The first kappa shape index (κ1) is 84.1. The van der Waals surface area contributed by atoms with E-state index in [-0.39, 0.29) is 74.3 Å². The van der Waals surface area contributed by atoms with Crippen molar-refractivity contribution in [2.24, 2.45) is 23.7 Å². The molecule has 1 aliphatic carbocycles. The van der Waals surface area contributed by atoms with Gasteiger partial charge in [-0.1, -0.05) is 48.5 Å². The Morgan fingerprint density at radius 2 is 1.20 bits per heavy atom. The number of Topliss-reactive ketones (excluding diaryl/α,β-unsaturated/α-hetero) is 1. The maximum absolute atomic E-state index is 15.5. The fourth-order valence-corrected chi connectivity index (χ4v) is 14.1. The van der Waals surface area contributed by atoms with Crippen LogP contribution in [0.1, 0.15) is 152 Å². The van der Waals surface area contributed by atoms with Crippen LogP contribution in [-0.2, 0) is 71.8 Å². The van der Waals surface area contributed by atoms with Crippen molar-refractivity contribution in [1.29, 1.82) is 0 Å². The second kappa shape index (κ2) is 35.5. The number of carboxylic acid groups (broad SMARTS) is 1. The van der Waals surface area contributed by atoms with Crippen LogP contribution < -0.4 is 32.4 Å². The zero-order valence-electron chi connectivity index (χ0n) is 64.2. The number of nitrogen functional groups attached to an aromatic ring is 1. The third kappa shape index (κ3) is 19.0. The van der Waals surface area contributed by atoms with Crippen LogP contribution in [0.5, 0.6) is 0 Å². The van der Waals surface area contributed by atoms with E-state index in [1.807, 2.05) is 0 Å². The van der Waals surface area contributed by atoms with Crippen LogP contribution in [0.25, 0.3) is 22.6 Å². The third-order valence-electron chi connectivity index (χ3n) is 20.5. The molecule has 6 aliphatic rings. The molecule has 4 saturated heterocycles. The van der Waals surface area contributed by atoms with Crippen molar-refractivity contribution >= 4 is 111 Å². The standard InChI is InChI=1S/C73H104N14O20/c1-18-45-48(88)32-42(65(96)77-56(35(2)3)70(101)86-26-19-21-46(86)68(99)81(14)33-51(91)83(45)16)40(10)105-72(103)43-31-44(75-49(89)23-24-50(90)85(28-25-53(93)94)30-29-80(12)13)38(8)63-59(43)76-60-54(55(74)62(95)39(9)64(60)107-63)73(104)106-41(11)58-66(97)78-57(36(4)5)71(102)87-27-20-22-47(87)69(100)82(15)34-52(92)84(17)61(37(6)7)67(98)79-58/h31,35-37,40-42,45-47,56-58,61H,18-30,32-34,74H2,1-17H3,(H,75,89)(H,77,96)(H,78,97)(H,79,98)(H,93,94)/t40?,41?,42?,45-,46-,47-,56+,57+,58?,61-/m0/s1. The maximum atomic E-state index is 15.5. The predicted octanol–water partition coefficient (Wildman–Crippen LogP) is 1.15. The van der Waals surface area contributed by atoms with E-state index in [1.165, 1.54) is 80.4 Å². The molecule has 0 saturated carbocycles. The number of rotatable bonds is 20. The number of anilines is 2. The molecule has 1 aromatic carbocycles. The number of nitrogens with one attached hydrogen (secondary N) is 4. The van der Waals surface area contributed by atoms with Crippen molar-refractivity contribution in [2.45, 2.75) is 188 Å². The summed E-state index contributed by atoms with van der Waals surface area (Å²) in [6, 6.07) is -7.85. The van der Waals surface area contributed by atoms with Gasteiger partial charge in [0.05, 0.1) is 42.7 Å². The van der Waals surface area contributed by atoms with E-state index in [9.17, 15) is 67.4 Å². The minimum Gasteiger partial charge on any atom is -0.481 e. The van der Waals surface area contributed by atoms with E-state index in [0.717, 1.165) is 15.9 Å². The van der Waals surface area contributed by atoms with Crippen LogP contribution in [0.4, 0.5) is 11.4 Å². The summed E-state index contributed by atoms with van der Waals surface area (Å²) in [4.78, 5) is 244. The topological polar surface area (TPSA) is 438 Å². The Balaban J connectivity index is 1.36. The van der Waals surface area contributed by atoms with Crippen molar-refractivity contribution < 1.29 is 90.9 Å². The summed E-state index contributed by atoms with van der Waals surface area (Å²) >= 11 is 0. The van der Waals surface area contributed by atoms with E-state index in [4.69, 9.17) is 24.6 Å². The third-order valence-corrected chi connectivity index (χ3v) is 20.5. The molecular formula is C73H104N14O20. The Morgan fingerprint density at radius 3 is 1.72 bits per heavy atom. The van der Waals surface area contributed by atoms with E-state index in [1.54, 1.807) is 67.5 Å². The van der Waals surface area contributed by atoms with E-state index < -0.39 is 238 Å². The highest BCUT2D eigenvalue weighted by molar-refractivity contribution is 6.09. The van der Waals surface area contributed by atoms with Gasteiger partial charge >= 0.3 is 17.9 Å². The van der Waals surface area contributed by atoms with Crippen LogP contribution in [0.2, 0.25) is 0 Å². The van der Waals surface area contributed by atoms with Gasteiger partial charge < -0.3 is 85.2 Å². The predicted molar refractivity (Wildman–Crippen MR) is 387 cm³/mol. The lowest BCUT2D eigenvalue weighted by Gasteiger charge is -2.34. The van der Waals surface area contributed by atoms with Crippen molar-refractivity contribution in [2.75, 3.05) is 99.1 Å². The number of fused-ring (bicyclic) bond motifs is 4. The Hall–Kier alpha value is -10.2. The molecule has 0 bridgehead atoms. The molecule has 0 aromatic heterocycles. The average molecular weight is 1500 g/mol. The number of aryl methyl sites for hydroxylation is 1. The number of hydrogen-bond acceptors (Lipinski definition) is 22. The van der Waals surface area contributed by atoms with Gasteiger partial charge in [-0.3, -0.25) is 67.1 Å². The largest absolute Gasteiger partial charge is 0.481 e. The highest BCUT2D eigenvalue weighted by Crippen LogP contribution is 2.39. The number of hydrogen-bond donors (Lipinski definition) is 6. The number of carboxylic acids is 1. The summed E-state index contributed by atoms with van der Waals surface area (Å²) in [6.07, 6.45) is -3.92.